The monoisotopic (exact) mass is 444 g/mol. The zero-order chi connectivity index (χ0) is 23.2. The first-order valence-electron chi connectivity index (χ1n) is 10.5. The Balaban J connectivity index is 2.12. The van der Waals surface area contributed by atoms with Crippen molar-refractivity contribution in [3.8, 4) is 5.75 Å². The second-order valence-corrected chi connectivity index (χ2v) is 9.49. The van der Waals surface area contributed by atoms with Gasteiger partial charge in [-0.25, -0.2) is 0 Å². The highest BCUT2D eigenvalue weighted by atomic mass is 35.5. The van der Waals surface area contributed by atoms with Crippen molar-refractivity contribution in [3.05, 3.63) is 64.7 Å². The average Bonchev–Trinajstić information content (AvgIpc) is 2.70. The molecule has 1 atom stereocenters. The van der Waals surface area contributed by atoms with Gasteiger partial charge in [-0.1, -0.05) is 56.6 Å². The molecule has 168 valence electrons. The van der Waals surface area contributed by atoms with Gasteiger partial charge in [0.05, 0.1) is 0 Å². The molecule has 2 aromatic carbocycles. The summed E-state index contributed by atoms with van der Waals surface area (Å²) in [5.41, 5.74) is 2.12. The van der Waals surface area contributed by atoms with Crippen LogP contribution in [0.2, 0.25) is 5.02 Å². The molecule has 31 heavy (non-hydrogen) atoms. The number of amides is 2. The van der Waals surface area contributed by atoms with Gasteiger partial charge >= 0.3 is 0 Å². The SMILES string of the molecule is CC(C)NC(=O)[C@H](C)N(Cc1ccc(Cl)cc1)C(=O)COc1ccc(C(C)(C)C)cc1. The molecule has 2 rings (SSSR count). The molecule has 6 heteroatoms. The molecule has 2 aromatic rings. The molecule has 0 fully saturated rings. The lowest BCUT2D eigenvalue weighted by Crippen LogP contribution is -2.50. The fourth-order valence-electron chi connectivity index (χ4n) is 3.05. The van der Waals surface area contributed by atoms with Gasteiger partial charge in [0.15, 0.2) is 6.61 Å². The number of hydrogen-bond donors (Lipinski definition) is 1. The first-order chi connectivity index (χ1) is 14.5. The van der Waals surface area contributed by atoms with E-state index in [1.807, 2.05) is 50.2 Å². The van der Waals surface area contributed by atoms with Crippen molar-refractivity contribution >= 4 is 23.4 Å². The topological polar surface area (TPSA) is 58.6 Å². The zero-order valence-corrected chi connectivity index (χ0v) is 20.0. The lowest BCUT2D eigenvalue weighted by Gasteiger charge is -2.29. The third kappa shape index (κ3) is 7.59. The Labute approximate surface area is 190 Å². The van der Waals surface area contributed by atoms with Crippen LogP contribution in [0, 0.1) is 0 Å². The van der Waals surface area contributed by atoms with Crippen molar-refractivity contribution in [2.75, 3.05) is 6.61 Å². The number of nitrogens with zero attached hydrogens (tertiary/aromatic N) is 1. The number of hydrogen-bond acceptors (Lipinski definition) is 3. The maximum absolute atomic E-state index is 13.0. The number of carbonyl (C=O) groups is 2. The van der Waals surface area contributed by atoms with Crippen molar-refractivity contribution in [2.24, 2.45) is 0 Å². The summed E-state index contributed by atoms with van der Waals surface area (Å²) in [6, 6.07) is 14.3. The van der Waals surface area contributed by atoms with Crippen LogP contribution in [0.5, 0.6) is 5.75 Å². The summed E-state index contributed by atoms with van der Waals surface area (Å²) in [7, 11) is 0. The van der Waals surface area contributed by atoms with Crippen LogP contribution in [0.3, 0.4) is 0 Å². The lowest BCUT2D eigenvalue weighted by atomic mass is 9.87. The fourth-order valence-corrected chi connectivity index (χ4v) is 3.18. The normalized spacial score (nSPS) is 12.4. The number of nitrogens with one attached hydrogen (secondary N) is 1. The first-order valence-corrected chi connectivity index (χ1v) is 10.9. The molecule has 0 radical (unpaired) electrons. The van der Waals surface area contributed by atoms with Crippen LogP contribution >= 0.6 is 11.6 Å². The first kappa shape index (κ1) is 24.7. The quantitative estimate of drug-likeness (QED) is 0.626. The van der Waals surface area contributed by atoms with E-state index in [-0.39, 0.29) is 36.4 Å². The van der Waals surface area contributed by atoms with Gasteiger partial charge in [0.1, 0.15) is 11.8 Å². The van der Waals surface area contributed by atoms with Crippen molar-refractivity contribution in [2.45, 2.75) is 65.6 Å². The van der Waals surface area contributed by atoms with Gasteiger partial charge < -0.3 is 15.0 Å². The van der Waals surface area contributed by atoms with Gasteiger partial charge in [0.2, 0.25) is 5.91 Å². The molecule has 0 saturated carbocycles. The number of benzene rings is 2. The predicted octanol–water partition coefficient (Wildman–Crippen LogP) is 4.96. The standard InChI is InChI=1S/C25H33ClN2O3/c1-17(2)27-24(30)18(3)28(15-19-7-11-21(26)12-8-19)23(29)16-31-22-13-9-20(10-14-22)25(4,5)6/h7-14,17-18H,15-16H2,1-6H3,(H,27,30)/t18-/m0/s1. The minimum Gasteiger partial charge on any atom is -0.484 e. The summed E-state index contributed by atoms with van der Waals surface area (Å²) in [6.07, 6.45) is 0. The summed E-state index contributed by atoms with van der Waals surface area (Å²) < 4.78 is 5.74. The van der Waals surface area contributed by atoms with Gasteiger partial charge in [0.25, 0.3) is 5.91 Å². The minimum absolute atomic E-state index is 0.0139. The molecule has 1 N–H and O–H groups in total. The average molecular weight is 445 g/mol. The van der Waals surface area contributed by atoms with Gasteiger partial charge in [-0.15, -0.1) is 0 Å². The molecule has 0 aliphatic heterocycles. The van der Waals surface area contributed by atoms with Crippen LogP contribution in [0.4, 0.5) is 0 Å². The highest BCUT2D eigenvalue weighted by Crippen LogP contribution is 2.24. The molecule has 0 bridgehead atoms. The lowest BCUT2D eigenvalue weighted by molar-refractivity contribution is -0.142. The molecule has 0 unspecified atom stereocenters. The Morgan fingerprint density at radius 3 is 2.10 bits per heavy atom. The molecule has 5 nitrogen and oxygen atoms in total. The molecule has 0 aromatic heterocycles. The maximum Gasteiger partial charge on any atom is 0.261 e. The summed E-state index contributed by atoms with van der Waals surface area (Å²) in [5, 5.41) is 3.49. The Hall–Kier alpha value is -2.53. The fraction of sp³-hybridized carbons (Fsp3) is 0.440. The molecule has 0 heterocycles. The van der Waals surface area contributed by atoms with Crippen LogP contribution in [0.15, 0.2) is 48.5 Å². The van der Waals surface area contributed by atoms with Crippen molar-refractivity contribution < 1.29 is 14.3 Å². The van der Waals surface area contributed by atoms with E-state index in [1.165, 1.54) is 10.5 Å². The Morgan fingerprint density at radius 2 is 1.58 bits per heavy atom. The number of ether oxygens (including phenoxy) is 1. The smallest absolute Gasteiger partial charge is 0.261 e. The third-order valence-electron chi connectivity index (χ3n) is 4.95. The summed E-state index contributed by atoms with van der Waals surface area (Å²) >= 11 is 5.97. The Kier molecular flexibility index (Phi) is 8.52. The largest absolute Gasteiger partial charge is 0.484 e. The Morgan fingerprint density at radius 1 is 1.00 bits per heavy atom. The third-order valence-corrected chi connectivity index (χ3v) is 5.20. The number of halogens is 1. The van der Waals surface area contributed by atoms with E-state index in [0.717, 1.165) is 5.56 Å². The van der Waals surface area contributed by atoms with Crippen LogP contribution in [-0.2, 0) is 21.5 Å². The molecule has 0 aliphatic rings. The van der Waals surface area contributed by atoms with Crippen LogP contribution < -0.4 is 10.1 Å². The highest BCUT2D eigenvalue weighted by Gasteiger charge is 2.27. The maximum atomic E-state index is 13.0. The second-order valence-electron chi connectivity index (χ2n) is 9.05. The molecular formula is C25H33ClN2O3. The highest BCUT2D eigenvalue weighted by molar-refractivity contribution is 6.30. The zero-order valence-electron chi connectivity index (χ0n) is 19.2. The summed E-state index contributed by atoms with van der Waals surface area (Å²) in [6.45, 7) is 12.1. The predicted molar refractivity (Wildman–Crippen MR) is 125 cm³/mol. The molecule has 2 amide bonds. The van der Waals surface area contributed by atoms with E-state index in [4.69, 9.17) is 16.3 Å². The van der Waals surface area contributed by atoms with Gasteiger partial charge in [-0.05, 0) is 61.6 Å². The molecule has 0 saturated heterocycles. The second kappa shape index (κ2) is 10.7. The van der Waals surface area contributed by atoms with E-state index < -0.39 is 6.04 Å². The van der Waals surface area contributed by atoms with Crippen molar-refractivity contribution in [1.29, 1.82) is 0 Å². The van der Waals surface area contributed by atoms with Crippen molar-refractivity contribution in [3.63, 3.8) is 0 Å². The van der Waals surface area contributed by atoms with Gasteiger partial charge in [-0.2, -0.15) is 0 Å². The van der Waals surface area contributed by atoms with Crippen LogP contribution in [0.25, 0.3) is 0 Å². The van der Waals surface area contributed by atoms with E-state index >= 15 is 0 Å². The van der Waals surface area contributed by atoms with E-state index in [1.54, 1.807) is 19.1 Å². The van der Waals surface area contributed by atoms with E-state index in [9.17, 15) is 9.59 Å². The molecule has 0 spiro atoms. The van der Waals surface area contributed by atoms with Gasteiger partial charge in [-0.3, -0.25) is 9.59 Å². The Bertz CT molecular complexity index is 871. The number of rotatable bonds is 8. The van der Waals surface area contributed by atoms with Crippen molar-refractivity contribution in [1.82, 2.24) is 10.2 Å². The van der Waals surface area contributed by atoms with Gasteiger partial charge in [0, 0.05) is 17.6 Å². The molecular weight excluding hydrogens is 412 g/mol. The molecule has 0 aliphatic carbocycles. The summed E-state index contributed by atoms with van der Waals surface area (Å²) in [4.78, 5) is 27.2. The van der Waals surface area contributed by atoms with E-state index in [2.05, 4.69) is 26.1 Å². The van der Waals surface area contributed by atoms with Crippen LogP contribution in [0.1, 0.15) is 52.7 Å². The van der Waals surface area contributed by atoms with Crippen LogP contribution in [-0.4, -0.2) is 35.4 Å². The summed E-state index contributed by atoms with van der Waals surface area (Å²) in [5.74, 6) is 0.153. The number of carbonyl (C=O) groups excluding carboxylic acids is 2. The minimum atomic E-state index is -0.641. The van der Waals surface area contributed by atoms with E-state index in [0.29, 0.717) is 10.8 Å².